The van der Waals surface area contributed by atoms with E-state index < -0.39 is 12.4 Å². The second kappa shape index (κ2) is 15.1. The van der Waals surface area contributed by atoms with Gasteiger partial charge in [-0.1, -0.05) is 13.8 Å². The fourth-order valence-corrected chi connectivity index (χ4v) is 2.27. The Morgan fingerprint density at radius 1 is 1.35 bits per heavy atom. The smallest absolute Gasteiger partial charge is 0.211 e. The van der Waals surface area contributed by atoms with Crippen molar-refractivity contribution in [2.75, 3.05) is 7.11 Å². The molecule has 2 atom stereocenters. The molecule has 0 amide bonds. The molecule has 0 fully saturated rings. The Labute approximate surface area is 170 Å². The molecule has 1 aliphatic heterocycles. The van der Waals surface area contributed by atoms with Crippen molar-refractivity contribution in [3.8, 4) is 11.8 Å². The van der Waals surface area contributed by atoms with Crippen LogP contribution < -0.4 is 10.6 Å². The van der Waals surface area contributed by atoms with E-state index in [4.69, 9.17) is 25.7 Å². The molecule has 1 aromatic rings. The van der Waals surface area contributed by atoms with Crippen LogP contribution in [0.1, 0.15) is 50.8 Å². The molecule has 1 heterocycles. The van der Waals surface area contributed by atoms with E-state index in [-0.39, 0.29) is 27.2 Å². The summed E-state index contributed by atoms with van der Waals surface area (Å²) in [5.74, 6) is 5.59. The van der Waals surface area contributed by atoms with Crippen LogP contribution in [0.5, 0.6) is 5.75 Å². The van der Waals surface area contributed by atoms with Gasteiger partial charge in [0.2, 0.25) is 6.29 Å². The van der Waals surface area contributed by atoms with Crippen LogP contribution in [0.15, 0.2) is 12.1 Å². The summed E-state index contributed by atoms with van der Waals surface area (Å²) in [7, 11) is 1.58. The minimum absolute atomic E-state index is 0. The zero-order valence-electron chi connectivity index (χ0n) is 16.1. The van der Waals surface area contributed by atoms with Gasteiger partial charge < -0.3 is 19.7 Å². The summed E-state index contributed by atoms with van der Waals surface area (Å²) in [5, 5.41) is 26.7. The summed E-state index contributed by atoms with van der Waals surface area (Å²) < 4.78 is 10.8. The molecule has 0 saturated heterocycles. The molecule has 0 aliphatic carbocycles. The minimum atomic E-state index is -1.16. The monoisotopic (exact) mass is 538 g/mol. The van der Waals surface area contributed by atoms with E-state index in [0.29, 0.717) is 30.8 Å². The zero-order chi connectivity index (χ0) is 19.4. The molecule has 1 aromatic carbocycles. The largest absolute Gasteiger partial charge is 0.485 e. The Kier molecular flexibility index (Phi) is 15.8. The van der Waals surface area contributed by atoms with Crippen LogP contribution in [0, 0.1) is 11.3 Å². The first-order valence-corrected chi connectivity index (χ1v) is 8.36. The minimum Gasteiger partial charge on any atom is -0.485 e. The maximum absolute atomic E-state index is 9.53. The number of aliphatic hydroxyl groups excluding tert-OH is 2. The van der Waals surface area contributed by atoms with Gasteiger partial charge in [0.25, 0.3) is 0 Å². The molecule has 8 heteroatoms. The van der Waals surface area contributed by atoms with Gasteiger partial charge in [0.1, 0.15) is 5.75 Å². The Morgan fingerprint density at radius 2 is 1.92 bits per heavy atom. The van der Waals surface area contributed by atoms with Gasteiger partial charge in [-0.2, -0.15) is 5.26 Å². The third kappa shape index (κ3) is 8.59. The molecule has 26 heavy (non-hydrogen) atoms. The fraction of sp³-hybridized carbons (Fsp3) is 0.611. The topological polar surface area (TPSA) is 118 Å². The van der Waals surface area contributed by atoms with E-state index in [1.165, 1.54) is 0 Å². The van der Waals surface area contributed by atoms with Crippen LogP contribution in [0.2, 0.25) is 0 Å². The van der Waals surface area contributed by atoms with Gasteiger partial charge in [0, 0.05) is 45.4 Å². The first kappa shape index (κ1) is 27.2. The van der Waals surface area contributed by atoms with E-state index in [9.17, 15) is 5.11 Å². The normalized spacial score (nSPS) is 15.6. The summed E-state index contributed by atoms with van der Waals surface area (Å²) >= 11 is 0. The number of methoxy groups -OCH3 is 1. The number of hydrogen-bond donors (Lipinski definition) is 3. The summed E-state index contributed by atoms with van der Waals surface area (Å²) in [4.78, 5) is 4.38. The number of nitrogens with two attached hydrogens (primary N) is 1. The average molecular weight is 538 g/mol. The Hall–Kier alpha value is -1.00. The first-order valence-electron chi connectivity index (χ1n) is 8.36. The Balaban J connectivity index is 0. The van der Waals surface area contributed by atoms with E-state index >= 15 is 0 Å². The van der Waals surface area contributed by atoms with Crippen molar-refractivity contribution < 1.29 is 45.6 Å². The Morgan fingerprint density at radius 3 is 2.38 bits per heavy atom. The van der Waals surface area contributed by atoms with Gasteiger partial charge in [-0.05, 0) is 38.8 Å². The number of nitriles is 1. The van der Waals surface area contributed by atoms with Crippen molar-refractivity contribution in [2.45, 2.75) is 65.6 Å². The summed E-state index contributed by atoms with van der Waals surface area (Å²) in [6.07, 6.45) is -0.582. The molecule has 0 aromatic heterocycles. The van der Waals surface area contributed by atoms with Crippen molar-refractivity contribution in [2.24, 2.45) is 5.90 Å². The summed E-state index contributed by atoms with van der Waals surface area (Å²) in [5.41, 5.74) is 2.36. The van der Waals surface area contributed by atoms with E-state index in [0.717, 1.165) is 11.1 Å². The molecule has 0 spiro atoms. The maximum atomic E-state index is 9.53. The predicted molar refractivity (Wildman–Crippen MR) is 94.6 cm³/mol. The van der Waals surface area contributed by atoms with Gasteiger partial charge in [-0.25, -0.2) is 5.90 Å². The first-order chi connectivity index (χ1) is 11.9. The van der Waals surface area contributed by atoms with Crippen LogP contribution in [-0.4, -0.2) is 35.8 Å². The second-order valence-electron chi connectivity index (χ2n) is 5.43. The molecule has 4 N–H and O–H groups in total. The van der Waals surface area contributed by atoms with Crippen LogP contribution in [-0.2, 0) is 43.7 Å². The number of aliphatic hydroxyl groups is 2. The fourth-order valence-electron chi connectivity index (χ4n) is 2.27. The third-order valence-electron chi connectivity index (χ3n) is 3.21. The number of benzene rings is 1. The molecular weight excluding hydrogens is 508 g/mol. The number of ether oxygens (including phenoxy) is 2. The van der Waals surface area contributed by atoms with Crippen LogP contribution in [0.3, 0.4) is 0 Å². The third-order valence-corrected chi connectivity index (χ3v) is 3.21. The molecule has 0 radical (unpaired) electrons. The molecule has 0 bridgehead atoms. The quantitative estimate of drug-likeness (QED) is 0.397. The molecule has 2 rings (SSSR count). The van der Waals surface area contributed by atoms with Crippen molar-refractivity contribution in [3.63, 3.8) is 0 Å². The molecule has 1 aliphatic rings. The maximum Gasteiger partial charge on any atom is 0.211 e. The van der Waals surface area contributed by atoms with E-state index in [1.54, 1.807) is 33.1 Å². The average Bonchev–Trinajstić information content (AvgIpc) is 2.62. The Bertz CT molecular complexity index is 546. The standard InChI is InChI=1S/C13H16N2O4.C3H8O.C2H6.W/c1-17-7-10-8(6-14)2-4-11-9(10)3-5-12(18-11)13(16)19-15;1-3(2)4;1-2;/h2,4,12-13,16H,3,5,7,15H2,1H3;3-4H,1-2H3;1-2H3;. The summed E-state index contributed by atoms with van der Waals surface area (Å²) in [6.45, 7) is 7.80. The van der Waals surface area contributed by atoms with Crippen LogP contribution in [0.4, 0.5) is 0 Å². The number of rotatable bonds is 4. The van der Waals surface area contributed by atoms with Gasteiger partial charge in [0.15, 0.2) is 6.10 Å². The van der Waals surface area contributed by atoms with E-state index in [2.05, 4.69) is 10.9 Å². The number of nitrogens with zero attached hydrogens (tertiary/aromatic N) is 1. The van der Waals surface area contributed by atoms with Crippen molar-refractivity contribution >= 4 is 0 Å². The second-order valence-corrected chi connectivity index (χ2v) is 5.43. The zero-order valence-corrected chi connectivity index (χ0v) is 19.0. The predicted octanol–water partition coefficient (Wildman–Crippen LogP) is 2.02. The molecule has 7 nitrogen and oxygen atoms in total. The van der Waals surface area contributed by atoms with Gasteiger partial charge >= 0.3 is 0 Å². The number of fused-ring (bicyclic) bond motifs is 1. The van der Waals surface area contributed by atoms with Gasteiger partial charge in [-0.3, -0.25) is 4.84 Å². The molecule has 148 valence electrons. The van der Waals surface area contributed by atoms with Crippen LogP contribution >= 0.6 is 0 Å². The van der Waals surface area contributed by atoms with E-state index in [1.807, 2.05) is 13.8 Å². The SMILES string of the molecule is CC.CC(C)O.COCc1c(C#N)ccc2c1CCC(C(O)ON)O2.[W]. The van der Waals surface area contributed by atoms with Crippen molar-refractivity contribution in [1.29, 1.82) is 5.26 Å². The molecule has 0 saturated carbocycles. The van der Waals surface area contributed by atoms with Crippen LogP contribution in [0.25, 0.3) is 0 Å². The number of hydrogen-bond acceptors (Lipinski definition) is 7. The summed E-state index contributed by atoms with van der Waals surface area (Å²) in [6, 6.07) is 5.56. The van der Waals surface area contributed by atoms with Crippen molar-refractivity contribution in [1.82, 2.24) is 0 Å². The van der Waals surface area contributed by atoms with Crippen molar-refractivity contribution in [3.05, 3.63) is 28.8 Å². The molecule has 2 unspecified atom stereocenters. The van der Waals surface area contributed by atoms with Gasteiger partial charge in [-0.15, -0.1) is 0 Å². The van der Waals surface area contributed by atoms with Gasteiger partial charge in [0.05, 0.1) is 18.2 Å². The molecular formula is C18H30N2O5W.